The van der Waals surface area contributed by atoms with Gasteiger partial charge >= 0.3 is 12.1 Å². The third-order valence-electron chi connectivity index (χ3n) is 5.76. The second-order valence-electron chi connectivity index (χ2n) is 8.41. The van der Waals surface area contributed by atoms with Gasteiger partial charge < -0.3 is 14.4 Å². The summed E-state index contributed by atoms with van der Waals surface area (Å²) in [7, 11) is 2.18. The van der Waals surface area contributed by atoms with E-state index in [1.54, 1.807) is 18.6 Å². The minimum Gasteiger partial charge on any atom is -0.475 e. The number of hydrogen-bond donors (Lipinski definition) is 2. The van der Waals surface area contributed by atoms with Crippen LogP contribution in [0.4, 0.5) is 13.2 Å². The van der Waals surface area contributed by atoms with Gasteiger partial charge in [-0.05, 0) is 44.5 Å². The zero-order chi connectivity index (χ0) is 25.6. The predicted molar refractivity (Wildman–Crippen MR) is 122 cm³/mol. The van der Waals surface area contributed by atoms with Crippen LogP contribution >= 0.6 is 0 Å². The Balaban J connectivity index is 0.000000429. The van der Waals surface area contributed by atoms with Crippen molar-refractivity contribution < 1.29 is 32.3 Å². The first-order chi connectivity index (χ1) is 16.5. The molecule has 0 unspecified atom stereocenters. The van der Waals surface area contributed by atoms with Gasteiger partial charge in [-0.15, -0.1) is 0 Å². The number of aromatic nitrogens is 2. The van der Waals surface area contributed by atoms with Gasteiger partial charge in [0.25, 0.3) is 5.91 Å². The van der Waals surface area contributed by atoms with Crippen LogP contribution in [0.25, 0.3) is 11.3 Å². The molecule has 11 heteroatoms. The number of rotatable bonds is 5. The highest BCUT2D eigenvalue weighted by Gasteiger charge is 2.38. The molecule has 0 spiro atoms. The van der Waals surface area contributed by atoms with E-state index in [4.69, 9.17) is 14.3 Å². The van der Waals surface area contributed by atoms with E-state index in [0.29, 0.717) is 11.7 Å². The van der Waals surface area contributed by atoms with Gasteiger partial charge in [0.15, 0.2) is 0 Å². The van der Waals surface area contributed by atoms with E-state index < -0.39 is 12.1 Å². The van der Waals surface area contributed by atoms with Gasteiger partial charge in [-0.25, -0.2) is 4.79 Å². The van der Waals surface area contributed by atoms with Crippen LogP contribution in [0, 0.1) is 6.92 Å². The zero-order valence-corrected chi connectivity index (χ0v) is 19.4. The molecule has 1 aliphatic rings. The maximum Gasteiger partial charge on any atom is 0.490 e. The Morgan fingerprint density at radius 3 is 2.49 bits per heavy atom. The standard InChI is InChI=1S/C22H26N4O2.C2HF3O2/c1-16-4-3-5-17(12-16)14-25(2)19-6-9-26(10-7-19)22(27)21-13-20(23-24-21)18-8-11-28-15-18;3-2(4,5)1(6)7/h3-5,8,11-13,15,19H,6-7,9-10,14H2,1-2H3,(H,23,24);(H,6,7). The number of hydrogen-bond acceptors (Lipinski definition) is 5. The van der Waals surface area contributed by atoms with Crippen LogP contribution in [-0.2, 0) is 11.3 Å². The first-order valence-electron chi connectivity index (χ1n) is 11.0. The molecule has 2 N–H and O–H groups in total. The topological polar surface area (TPSA) is 103 Å². The van der Waals surface area contributed by atoms with Gasteiger partial charge in [0.05, 0.1) is 18.2 Å². The highest BCUT2D eigenvalue weighted by Crippen LogP contribution is 2.22. The number of furan rings is 1. The predicted octanol–water partition coefficient (Wildman–Crippen LogP) is 4.35. The Kier molecular flexibility index (Phi) is 8.34. The molecule has 3 heterocycles. The molecule has 3 aromatic rings. The summed E-state index contributed by atoms with van der Waals surface area (Å²) in [6.45, 7) is 4.60. The molecule has 0 bridgehead atoms. The van der Waals surface area contributed by atoms with Crippen molar-refractivity contribution in [3.8, 4) is 11.3 Å². The number of nitrogens with one attached hydrogen (secondary N) is 1. The number of nitrogens with zero attached hydrogens (tertiary/aromatic N) is 3. The van der Waals surface area contributed by atoms with Crippen LogP contribution < -0.4 is 0 Å². The minimum absolute atomic E-state index is 0.0158. The Hall–Kier alpha value is -3.60. The van der Waals surface area contributed by atoms with E-state index >= 15 is 0 Å². The Morgan fingerprint density at radius 1 is 1.23 bits per heavy atom. The molecule has 1 aromatic carbocycles. The van der Waals surface area contributed by atoms with Crippen LogP contribution in [0.2, 0.25) is 0 Å². The number of carboxylic acids is 1. The van der Waals surface area contributed by atoms with E-state index in [2.05, 4.69) is 53.3 Å². The summed E-state index contributed by atoms with van der Waals surface area (Å²) in [5.74, 6) is -2.74. The number of aryl methyl sites for hydroxylation is 1. The van der Waals surface area contributed by atoms with Gasteiger partial charge in [0.1, 0.15) is 5.69 Å². The fourth-order valence-corrected chi connectivity index (χ4v) is 3.90. The molecule has 35 heavy (non-hydrogen) atoms. The summed E-state index contributed by atoms with van der Waals surface area (Å²) in [5.41, 5.74) is 4.75. The lowest BCUT2D eigenvalue weighted by molar-refractivity contribution is -0.192. The summed E-state index contributed by atoms with van der Waals surface area (Å²) in [6, 6.07) is 12.8. The molecule has 2 aromatic heterocycles. The number of carboxylic acid groups (broad SMARTS) is 1. The largest absolute Gasteiger partial charge is 0.490 e. The normalized spacial score (nSPS) is 14.5. The zero-order valence-electron chi connectivity index (χ0n) is 19.4. The Morgan fingerprint density at radius 2 is 1.91 bits per heavy atom. The number of amides is 1. The van der Waals surface area contributed by atoms with Gasteiger partial charge in [0.2, 0.25) is 0 Å². The molecular formula is C24H27F3N4O4. The van der Waals surface area contributed by atoms with E-state index in [9.17, 15) is 18.0 Å². The first kappa shape index (κ1) is 26.0. The Labute approximate surface area is 200 Å². The van der Waals surface area contributed by atoms with Crippen molar-refractivity contribution in [1.82, 2.24) is 20.0 Å². The van der Waals surface area contributed by atoms with Crippen molar-refractivity contribution in [2.45, 2.75) is 38.5 Å². The van der Waals surface area contributed by atoms with Crippen molar-refractivity contribution in [2.75, 3.05) is 20.1 Å². The SMILES string of the molecule is Cc1cccc(CN(C)C2CCN(C(=O)c3cc(-c4ccoc4)n[nH]3)CC2)c1.O=C(O)C(F)(F)F. The molecule has 0 saturated carbocycles. The number of carbonyl (C=O) groups is 2. The van der Waals surface area contributed by atoms with Crippen molar-refractivity contribution in [3.05, 3.63) is 65.7 Å². The fraction of sp³-hybridized carbons (Fsp3) is 0.375. The lowest BCUT2D eigenvalue weighted by Crippen LogP contribution is -2.45. The monoisotopic (exact) mass is 492 g/mol. The van der Waals surface area contributed by atoms with E-state index in [0.717, 1.165) is 43.7 Å². The molecule has 8 nitrogen and oxygen atoms in total. The molecule has 0 atom stereocenters. The molecule has 1 fully saturated rings. The van der Waals surface area contributed by atoms with E-state index in [1.807, 2.05) is 11.0 Å². The molecule has 1 saturated heterocycles. The molecule has 0 aliphatic carbocycles. The highest BCUT2D eigenvalue weighted by atomic mass is 19.4. The maximum absolute atomic E-state index is 12.8. The van der Waals surface area contributed by atoms with Gasteiger partial charge in [-0.2, -0.15) is 18.3 Å². The smallest absolute Gasteiger partial charge is 0.475 e. The summed E-state index contributed by atoms with van der Waals surface area (Å²) in [6.07, 6.45) is 0.108. The molecule has 1 amide bonds. The van der Waals surface area contributed by atoms with Gasteiger partial charge in [-0.3, -0.25) is 14.8 Å². The van der Waals surface area contributed by atoms with Crippen LogP contribution in [0.15, 0.2) is 53.3 Å². The summed E-state index contributed by atoms with van der Waals surface area (Å²) in [5, 5.41) is 14.2. The summed E-state index contributed by atoms with van der Waals surface area (Å²) >= 11 is 0. The number of H-pyrrole nitrogens is 1. The minimum atomic E-state index is -5.08. The molecule has 1 aliphatic heterocycles. The number of carbonyl (C=O) groups excluding carboxylic acids is 1. The van der Waals surface area contributed by atoms with Gasteiger partial charge in [0, 0.05) is 31.2 Å². The average molecular weight is 492 g/mol. The second-order valence-corrected chi connectivity index (χ2v) is 8.41. The van der Waals surface area contributed by atoms with Crippen molar-refractivity contribution in [2.24, 2.45) is 0 Å². The number of benzene rings is 1. The second kappa shape index (κ2) is 11.2. The molecular weight excluding hydrogens is 465 g/mol. The first-order valence-corrected chi connectivity index (χ1v) is 11.0. The average Bonchev–Trinajstić information content (AvgIpc) is 3.51. The summed E-state index contributed by atoms with van der Waals surface area (Å²) in [4.78, 5) is 26.0. The molecule has 0 radical (unpaired) electrons. The van der Waals surface area contributed by atoms with Crippen molar-refractivity contribution in [3.63, 3.8) is 0 Å². The van der Waals surface area contributed by atoms with Crippen molar-refractivity contribution in [1.29, 1.82) is 0 Å². The van der Waals surface area contributed by atoms with Crippen molar-refractivity contribution >= 4 is 11.9 Å². The number of alkyl halides is 3. The van der Waals surface area contributed by atoms with Crippen LogP contribution in [0.5, 0.6) is 0 Å². The summed E-state index contributed by atoms with van der Waals surface area (Å²) < 4.78 is 36.8. The third kappa shape index (κ3) is 7.19. The lowest BCUT2D eigenvalue weighted by Gasteiger charge is -2.36. The third-order valence-corrected chi connectivity index (χ3v) is 5.76. The van der Waals surface area contributed by atoms with Gasteiger partial charge in [-0.1, -0.05) is 29.8 Å². The van der Waals surface area contributed by atoms with Crippen LogP contribution in [0.1, 0.15) is 34.5 Å². The number of piperidine rings is 1. The highest BCUT2D eigenvalue weighted by molar-refractivity contribution is 5.93. The van der Waals surface area contributed by atoms with E-state index in [1.165, 1.54) is 11.1 Å². The molecule has 188 valence electrons. The van der Waals surface area contributed by atoms with Crippen LogP contribution in [0.3, 0.4) is 0 Å². The van der Waals surface area contributed by atoms with E-state index in [-0.39, 0.29) is 5.91 Å². The molecule has 4 rings (SSSR count). The number of aromatic amines is 1. The number of aliphatic carboxylic acids is 1. The lowest BCUT2D eigenvalue weighted by atomic mass is 10.0. The fourth-order valence-electron chi connectivity index (χ4n) is 3.90. The maximum atomic E-state index is 12.8. The number of halogens is 3. The Bertz CT molecular complexity index is 1120. The quantitative estimate of drug-likeness (QED) is 0.549. The van der Waals surface area contributed by atoms with Crippen LogP contribution in [-0.4, -0.2) is 69.3 Å². The number of likely N-dealkylation sites (tertiary alicyclic amines) is 1.